The van der Waals surface area contributed by atoms with Crippen LogP contribution in [0.4, 0.5) is 0 Å². The third-order valence-corrected chi connectivity index (χ3v) is 11.8. The van der Waals surface area contributed by atoms with E-state index in [2.05, 4.69) is 202 Å². The molecule has 11 rings (SSSR count). The summed E-state index contributed by atoms with van der Waals surface area (Å²) in [5.74, 6) is 0. The van der Waals surface area contributed by atoms with E-state index in [0.29, 0.717) is 0 Å². The number of benzene rings is 8. The van der Waals surface area contributed by atoms with Crippen molar-refractivity contribution in [3.63, 3.8) is 0 Å². The van der Waals surface area contributed by atoms with Gasteiger partial charge in [0, 0.05) is 20.9 Å². The van der Waals surface area contributed by atoms with Crippen molar-refractivity contribution in [3.8, 4) is 50.2 Å². The lowest BCUT2D eigenvalue weighted by molar-refractivity contribution is 0.793. The zero-order chi connectivity index (χ0) is 33.7. The highest BCUT2D eigenvalue weighted by atomic mass is 79.9. The van der Waals surface area contributed by atoms with Gasteiger partial charge in [0.2, 0.25) is 0 Å². The van der Waals surface area contributed by atoms with Crippen molar-refractivity contribution in [1.82, 2.24) is 4.57 Å². The number of rotatable bonds is 3. The quantitative estimate of drug-likeness (QED) is 0.172. The van der Waals surface area contributed by atoms with E-state index in [9.17, 15) is 0 Å². The molecule has 8 aromatic carbocycles. The van der Waals surface area contributed by atoms with Gasteiger partial charge in [-0.1, -0.05) is 155 Å². The molecule has 0 radical (unpaired) electrons. The van der Waals surface area contributed by atoms with Crippen LogP contribution in [0.25, 0.3) is 72.0 Å². The molecular weight excluding hydrogens is 682 g/mol. The molecule has 2 aliphatic carbocycles. The molecule has 1 spiro atoms. The fourth-order valence-corrected chi connectivity index (χ4v) is 9.44. The van der Waals surface area contributed by atoms with Crippen LogP contribution in [0.15, 0.2) is 186 Å². The van der Waals surface area contributed by atoms with Gasteiger partial charge in [0.15, 0.2) is 0 Å². The van der Waals surface area contributed by atoms with Gasteiger partial charge in [-0.25, -0.2) is 0 Å². The van der Waals surface area contributed by atoms with E-state index in [0.717, 1.165) is 4.47 Å². The Morgan fingerprint density at radius 2 is 0.882 bits per heavy atom. The number of hydrogen-bond acceptors (Lipinski definition) is 0. The Morgan fingerprint density at radius 1 is 0.353 bits per heavy atom. The maximum Gasteiger partial charge on any atom is 0.0725 e. The van der Waals surface area contributed by atoms with Gasteiger partial charge in [0.1, 0.15) is 0 Å². The fourth-order valence-electron chi connectivity index (χ4n) is 9.18. The van der Waals surface area contributed by atoms with Crippen LogP contribution in [0, 0.1) is 0 Å². The molecule has 9 aromatic rings. The van der Waals surface area contributed by atoms with Crippen LogP contribution >= 0.6 is 15.9 Å². The van der Waals surface area contributed by atoms with Crippen molar-refractivity contribution in [1.29, 1.82) is 0 Å². The molecule has 238 valence electrons. The maximum absolute atomic E-state index is 3.58. The Hall–Kier alpha value is -5.96. The summed E-state index contributed by atoms with van der Waals surface area (Å²) in [6.07, 6.45) is 0. The zero-order valence-electron chi connectivity index (χ0n) is 27.6. The lowest BCUT2D eigenvalue weighted by atomic mass is 9.70. The normalized spacial score (nSPS) is 13.4. The molecule has 1 nitrogen and oxygen atoms in total. The summed E-state index contributed by atoms with van der Waals surface area (Å²) in [4.78, 5) is 0. The van der Waals surface area contributed by atoms with Crippen LogP contribution in [-0.4, -0.2) is 4.57 Å². The Kier molecular flexibility index (Phi) is 6.09. The topological polar surface area (TPSA) is 4.93 Å². The SMILES string of the molecule is Brc1ccc(-c2cccc(-c3ccc4c5ccccc5n(-c5ccc6c(c5)-c5ccccc5C65c6ccccc6-c6ccccc65)c4c3)c2)cc1. The van der Waals surface area contributed by atoms with E-state index in [1.54, 1.807) is 0 Å². The molecule has 0 unspecified atom stereocenters. The molecule has 0 N–H and O–H groups in total. The molecular formula is C49H30BrN. The molecule has 0 saturated carbocycles. The Balaban J connectivity index is 1.14. The van der Waals surface area contributed by atoms with Crippen LogP contribution in [0.5, 0.6) is 0 Å². The van der Waals surface area contributed by atoms with E-state index in [1.165, 1.54) is 94.3 Å². The molecule has 0 fully saturated rings. The van der Waals surface area contributed by atoms with Crippen LogP contribution in [0.3, 0.4) is 0 Å². The second-order valence-corrected chi connectivity index (χ2v) is 14.7. The lowest BCUT2D eigenvalue weighted by Gasteiger charge is -2.30. The van der Waals surface area contributed by atoms with Gasteiger partial charge >= 0.3 is 0 Å². The first-order valence-corrected chi connectivity index (χ1v) is 18.3. The van der Waals surface area contributed by atoms with E-state index >= 15 is 0 Å². The minimum Gasteiger partial charge on any atom is -0.309 e. The number of para-hydroxylation sites is 1. The van der Waals surface area contributed by atoms with Crippen molar-refractivity contribution in [2.75, 3.05) is 0 Å². The molecule has 0 atom stereocenters. The maximum atomic E-state index is 3.58. The summed E-state index contributed by atoms with van der Waals surface area (Å²) in [5, 5.41) is 2.52. The lowest BCUT2D eigenvalue weighted by Crippen LogP contribution is -2.25. The first-order chi connectivity index (χ1) is 25.2. The highest BCUT2D eigenvalue weighted by Crippen LogP contribution is 2.62. The predicted molar refractivity (Wildman–Crippen MR) is 216 cm³/mol. The van der Waals surface area contributed by atoms with Crippen molar-refractivity contribution in [2.24, 2.45) is 0 Å². The smallest absolute Gasteiger partial charge is 0.0725 e. The monoisotopic (exact) mass is 711 g/mol. The van der Waals surface area contributed by atoms with Gasteiger partial charge in [-0.2, -0.15) is 0 Å². The number of halogens is 1. The summed E-state index contributed by atoms with van der Waals surface area (Å²) in [7, 11) is 0. The second-order valence-electron chi connectivity index (χ2n) is 13.8. The van der Waals surface area contributed by atoms with Gasteiger partial charge in [-0.05, 0) is 109 Å². The predicted octanol–water partition coefficient (Wildman–Crippen LogP) is 13.2. The molecule has 51 heavy (non-hydrogen) atoms. The summed E-state index contributed by atoms with van der Waals surface area (Å²) < 4.78 is 3.56. The molecule has 2 aliphatic rings. The zero-order valence-corrected chi connectivity index (χ0v) is 29.2. The first kappa shape index (κ1) is 28.8. The van der Waals surface area contributed by atoms with Crippen molar-refractivity contribution in [2.45, 2.75) is 5.41 Å². The highest BCUT2D eigenvalue weighted by Gasteiger charge is 2.51. The van der Waals surface area contributed by atoms with Crippen molar-refractivity contribution < 1.29 is 0 Å². The summed E-state index contributed by atoms with van der Waals surface area (Å²) in [6, 6.07) is 67.5. The van der Waals surface area contributed by atoms with Crippen molar-refractivity contribution in [3.05, 3.63) is 209 Å². The highest BCUT2D eigenvalue weighted by molar-refractivity contribution is 9.10. The molecule has 0 amide bonds. The van der Waals surface area contributed by atoms with E-state index in [4.69, 9.17) is 0 Å². The molecule has 0 aliphatic heterocycles. The van der Waals surface area contributed by atoms with Crippen LogP contribution < -0.4 is 0 Å². The van der Waals surface area contributed by atoms with Gasteiger partial charge in [-0.3, -0.25) is 0 Å². The summed E-state index contributed by atoms with van der Waals surface area (Å²) >= 11 is 3.58. The standard InChI is InChI=1S/C49H30BrN/c50-35-23-20-31(21-24-35)32-10-9-11-33(28-32)34-22-26-41-40-15-4-8-19-47(40)51(48(41)29-34)36-25-27-46-42(30-36)39-14-3-7-18-45(39)49(46)43-16-5-1-12-37(43)38-13-2-6-17-44(38)49/h1-30H. The minimum atomic E-state index is -0.342. The Labute approximate surface area is 305 Å². The van der Waals surface area contributed by atoms with E-state index in [-0.39, 0.29) is 5.41 Å². The minimum absolute atomic E-state index is 0.342. The van der Waals surface area contributed by atoms with Crippen LogP contribution in [-0.2, 0) is 5.41 Å². The van der Waals surface area contributed by atoms with E-state index < -0.39 is 0 Å². The van der Waals surface area contributed by atoms with Crippen LogP contribution in [0.2, 0.25) is 0 Å². The van der Waals surface area contributed by atoms with Gasteiger partial charge in [0.25, 0.3) is 0 Å². The van der Waals surface area contributed by atoms with Gasteiger partial charge in [-0.15, -0.1) is 0 Å². The fraction of sp³-hybridized carbons (Fsp3) is 0.0204. The summed E-state index contributed by atoms with van der Waals surface area (Å²) in [6.45, 7) is 0. The average molecular weight is 713 g/mol. The largest absolute Gasteiger partial charge is 0.309 e. The number of nitrogens with zero attached hydrogens (tertiary/aromatic N) is 1. The molecule has 1 aromatic heterocycles. The molecule has 0 saturated heterocycles. The third-order valence-electron chi connectivity index (χ3n) is 11.3. The second kappa shape index (κ2) is 10.8. The van der Waals surface area contributed by atoms with E-state index in [1.807, 2.05) is 0 Å². The molecule has 1 heterocycles. The average Bonchev–Trinajstić information content (AvgIpc) is 3.79. The number of aromatic nitrogens is 1. The third kappa shape index (κ3) is 3.97. The Bertz CT molecular complexity index is 2830. The van der Waals surface area contributed by atoms with Crippen LogP contribution in [0.1, 0.15) is 22.3 Å². The Morgan fingerprint density at radius 3 is 1.59 bits per heavy atom. The van der Waals surface area contributed by atoms with Crippen molar-refractivity contribution >= 4 is 37.7 Å². The summed E-state index contributed by atoms with van der Waals surface area (Å²) in [5.41, 5.74) is 18.8. The van der Waals surface area contributed by atoms with Gasteiger partial charge in [0.05, 0.1) is 16.4 Å². The van der Waals surface area contributed by atoms with Gasteiger partial charge < -0.3 is 4.57 Å². The number of fused-ring (bicyclic) bond motifs is 13. The number of hydrogen-bond donors (Lipinski definition) is 0. The first-order valence-electron chi connectivity index (χ1n) is 17.5. The molecule has 0 bridgehead atoms. The molecule has 2 heteroatoms.